The zero-order valence-electron chi connectivity index (χ0n) is 29.2. The van der Waals surface area contributed by atoms with E-state index in [0.717, 1.165) is 50.9 Å². The Morgan fingerprint density at radius 3 is 2.11 bits per heavy atom. The van der Waals surface area contributed by atoms with Gasteiger partial charge in [0.05, 0.1) is 22.3 Å². The van der Waals surface area contributed by atoms with Crippen LogP contribution in [-0.2, 0) is 6.42 Å². The molecule has 3 heterocycles. The van der Waals surface area contributed by atoms with Crippen molar-refractivity contribution < 1.29 is 4.42 Å². The van der Waals surface area contributed by atoms with Crippen LogP contribution >= 0.6 is 0 Å². The van der Waals surface area contributed by atoms with Crippen LogP contribution in [0.25, 0.3) is 61.3 Å². The molecule has 7 rings (SSSR count). The smallest absolute Gasteiger partial charge is 0.227 e. The van der Waals surface area contributed by atoms with Crippen molar-refractivity contribution in [3.05, 3.63) is 113 Å². The summed E-state index contributed by atoms with van der Waals surface area (Å²) in [4.78, 5) is 10.4. The van der Waals surface area contributed by atoms with Gasteiger partial charge >= 0.3 is 0 Å². The zero-order valence-corrected chi connectivity index (χ0v) is 29.2. The largest absolute Gasteiger partial charge is 0.437 e. The number of aromatic nitrogens is 3. The molecule has 4 heteroatoms. The van der Waals surface area contributed by atoms with Gasteiger partial charge in [-0.1, -0.05) is 90.9 Å². The second-order valence-corrected chi connectivity index (χ2v) is 15.1. The van der Waals surface area contributed by atoms with Crippen LogP contribution in [0.5, 0.6) is 0 Å². The summed E-state index contributed by atoms with van der Waals surface area (Å²) < 4.78 is 9.17. The normalized spacial score (nSPS) is 12.4. The molecule has 0 spiro atoms. The Balaban J connectivity index is 1.56. The van der Waals surface area contributed by atoms with E-state index in [9.17, 15) is 0 Å². The first-order valence-corrected chi connectivity index (χ1v) is 16.9. The van der Waals surface area contributed by atoms with Gasteiger partial charge in [-0.2, -0.15) is 0 Å². The van der Waals surface area contributed by atoms with E-state index in [4.69, 9.17) is 14.4 Å². The van der Waals surface area contributed by atoms with Crippen LogP contribution in [0, 0.1) is 19.3 Å². The molecule has 4 aromatic carbocycles. The minimum Gasteiger partial charge on any atom is -0.437 e. The van der Waals surface area contributed by atoms with Crippen LogP contribution in [0.4, 0.5) is 0 Å². The summed E-state index contributed by atoms with van der Waals surface area (Å²) >= 11 is 0. The van der Waals surface area contributed by atoms with E-state index in [1.54, 1.807) is 0 Å². The number of fused-ring (bicyclic) bond motifs is 4. The van der Waals surface area contributed by atoms with E-state index in [1.807, 2.05) is 0 Å². The lowest BCUT2D eigenvalue weighted by Gasteiger charge is -2.24. The third-order valence-corrected chi connectivity index (χ3v) is 9.26. The predicted octanol–water partition coefficient (Wildman–Crippen LogP) is 12.1. The molecule has 4 nitrogen and oxygen atoms in total. The molecule has 3 aromatic heterocycles. The van der Waals surface area contributed by atoms with Gasteiger partial charge in [0, 0.05) is 16.5 Å². The van der Waals surface area contributed by atoms with Crippen molar-refractivity contribution in [2.24, 2.45) is 5.41 Å². The molecule has 0 radical (unpaired) electrons. The molecule has 0 N–H and O–H groups in total. The highest BCUT2D eigenvalue weighted by atomic mass is 16.3. The van der Waals surface area contributed by atoms with Crippen LogP contribution in [0.15, 0.2) is 89.3 Å². The number of imidazole rings is 1. The number of nitrogens with zero attached hydrogens (tertiary/aromatic N) is 3. The van der Waals surface area contributed by atoms with Gasteiger partial charge in [0.1, 0.15) is 11.4 Å². The van der Waals surface area contributed by atoms with Gasteiger partial charge in [-0.05, 0) is 113 Å². The summed E-state index contributed by atoms with van der Waals surface area (Å²) in [5.74, 6) is 1.47. The van der Waals surface area contributed by atoms with Gasteiger partial charge in [-0.15, -0.1) is 0 Å². The molecule has 0 amide bonds. The first-order chi connectivity index (χ1) is 22.4. The highest BCUT2D eigenvalue weighted by molar-refractivity contribution is 6.10. The van der Waals surface area contributed by atoms with Crippen LogP contribution in [0.3, 0.4) is 0 Å². The fourth-order valence-corrected chi connectivity index (χ4v) is 6.99. The Labute approximate surface area is 278 Å². The topological polar surface area (TPSA) is 43.9 Å². The van der Waals surface area contributed by atoms with Crippen molar-refractivity contribution in [3.8, 4) is 28.2 Å². The van der Waals surface area contributed by atoms with E-state index in [1.165, 1.54) is 39.1 Å². The van der Waals surface area contributed by atoms with Crippen LogP contribution in [-0.4, -0.2) is 14.5 Å². The maximum Gasteiger partial charge on any atom is 0.227 e. The van der Waals surface area contributed by atoms with Gasteiger partial charge in [0.15, 0.2) is 0 Å². The van der Waals surface area contributed by atoms with Gasteiger partial charge in [0.25, 0.3) is 0 Å². The number of benzene rings is 4. The summed E-state index contributed by atoms with van der Waals surface area (Å²) in [6.07, 6.45) is 0.885. The SMILES string of the molecule is Cc1ccc2nc(-c3ccc(C)c4c3oc3nc(CC(C)(C)C)ccc34)n(-c3c(C(C)C)cc(-c4ccccc4)cc3C(C)C)c2c1. The fourth-order valence-electron chi connectivity index (χ4n) is 6.99. The Hall–Kier alpha value is -4.70. The number of aryl methyl sites for hydroxylation is 2. The van der Waals surface area contributed by atoms with Crippen molar-refractivity contribution in [1.29, 1.82) is 0 Å². The second-order valence-electron chi connectivity index (χ2n) is 15.1. The molecule has 238 valence electrons. The highest BCUT2D eigenvalue weighted by Crippen LogP contribution is 2.43. The predicted molar refractivity (Wildman–Crippen MR) is 198 cm³/mol. The molecule has 0 fully saturated rings. The molecule has 0 saturated heterocycles. The van der Waals surface area contributed by atoms with E-state index in [-0.39, 0.29) is 17.3 Å². The quantitative estimate of drug-likeness (QED) is 0.186. The summed E-state index contributed by atoms with van der Waals surface area (Å²) in [5, 5.41) is 2.16. The van der Waals surface area contributed by atoms with Gasteiger partial charge in [-0.3, -0.25) is 4.57 Å². The number of rotatable bonds is 6. The van der Waals surface area contributed by atoms with E-state index >= 15 is 0 Å². The molecular formula is C43H45N3O. The molecule has 0 saturated carbocycles. The average Bonchev–Trinajstić information content (AvgIpc) is 3.58. The lowest BCUT2D eigenvalue weighted by atomic mass is 9.88. The highest BCUT2D eigenvalue weighted by Gasteiger charge is 2.26. The number of furan rings is 1. The van der Waals surface area contributed by atoms with Crippen molar-refractivity contribution in [2.45, 2.75) is 80.6 Å². The molecule has 0 aliphatic heterocycles. The first kappa shape index (κ1) is 30.9. The second kappa shape index (κ2) is 11.5. The maximum absolute atomic E-state index is 6.75. The molecule has 0 aliphatic carbocycles. The van der Waals surface area contributed by atoms with Crippen LogP contribution in [0.2, 0.25) is 0 Å². The summed E-state index contributed by atoms with van der Waals surface area (Å²) in [7, 11) is 0. The van der Waals surface area contributed by atoms with Crippen LogP contribution in [0.1, 0.15) is 88.2 Å². The van der Waals surface area contributed by atoms with Crippen molar-refractivity contribution in [2.75, 3.05) is 0 Å². The molecule has 47 heavy (non-hydrogen) atoms. The van der Waals surface area contributed by atoms with Crippen molar-refractivity contribution in [1.82, 2.24) is 14.5 Å². The van der Waals surface area contributed by atoms with Gasteiger partial charge in [-0.25, -0.2) is 9.97 Å². The Morgan fingerprint density at radius 2 is 1.45 bits per heavy atom. The monoisotopic (exact) mass is 619 g/mol. The van der Waals surface area contributed by atoms with E-state index < -0.39 is 0 Å². The van der Waals surface area contributed by atoms with E-state index in [2.05, 4.69) is 152 Å². The molecule has 0 unspecified atom stereocenters. The number of pyridine rings is 1. The standard InChI is InChI=1S/C43H45N3O/c1-25(2)34-22-30(29-13-11-10-12-14-29)23-35(26(3)4)39(34)46-37-21-27(5)15-20-36(37)45-41(46)33-18-16-28(6)38-32-19-17-31(24-43(7,8)9)44-42(32)47-40(33)38/h10-23,25-26H,24H2,1-9H3. The zero-order chi connectivity index (χ0) is 33.2. The molecule has 7 aromatic rings. The first-order valence-electron chi connectivity index (χ1n) is 16.9. The third-order valence-electron chi connectivity index (χ3n) is 9.26. The van der Waals surface area contributed by atoms with Crippen molar-refractivity contribution in [3.63, 3.8) is 0 Å². The fraction of sp³-hybridized carbons (Fsp3) is 0.302. The molecule has 0 bridgehead atoms. The van der Waals surface area contributed by atoms with Gasteiger partial charge in [0.2, 0.25) is 5.71 Å². The minimum atomic E-state index is 0.134. The minimum absolute atomic E-state index is 0.134. The molecule has 0 atom stereocenters. The molecular weight excluding hydrogens is 574 g/mol. The van der Waals surface area contributed by atoms with E-state index in [0.29, 0.717) is 5.71 Å². The van der Waals surface area contributed by atoms with Crippen LogP contribution < -0.4 is 0 Å². The third kappa shape index (κ3) is 5.54. The Morgan fingerprint density at radius 1 is 0.745 bits per heavy atom. The lowest BCUT2D eigenvalue weighted by molar-refractivity contribution is 0.406. The maximum atomic E-state index is 6.75. The Bertz CT molecular complexity index is 2250. The number of hydrogen-bond donors (Lipinski definition) is 0. The van der Waals surface area contributed by atoms with Crippen molar-refractivity contribution >= 4 is 33.1 Å². The summed E-state index contributed by atoms with van der Waals surface area (Å²) in [6, 6.07) is 30.8. The Kier molecular flexibility index (Phi) is 7.58. The lowest BCUT2D eigenvalue weighted by Crippen LogP contribution is -2.10. The number of hydrogen-bond acceptors (Lipinski definition) is 3. The van der Waals surface area contributed by atoms with Gasteiger partial charge < -0.3 is 4.42 Å². The summed E-state index contributed by atoms with van der Waals surface area (Å²) in [6.45, 7) is 20.2. The summed E-state index contributed by atoms with van der Waals surface area (Å²) in [5.41, 5.74) is 14.4. The average molecular weight is 620 g/mol. The molecule has 0 aliphatic rings.